The zero-order valence-electron chi connectivity index (χ0n) is 13.5. The quantitative estimate of drug-likeness (QED) is 0.454. The Kier molecular flexibility index (Phi) is 4.54. The molecule has 0 amide bonds. The molecule has 0 saturated carbocycles. The maximum Gasteiger partial charge on any atom is 0.418 e. The van der Waals surface area contributed by atoms with Gasteiger partial charge in [0.05, 0.1) is 29.3 Å². The first-order chi connectivity index (χ1) is 12.6. The molecule has 0 N–H and O–H groups in total. The van der Waals surface area contributed by atoms with E-state index < -0.39 is 51.8 Å². The Morgan fingerprint density at radius 3 is 2.22 bits per heavy atom. The number of aromatic nitrogens is 1. The number of benzene rings is 2. The van der Waals surface area contributed by atoms with Crippen LogP contribution in [0.4, 0.5) is 26.3 Å². The van der Waals surface area contributed by atoms with Gasteiger partial charge in [-0.25, -0.2) is 18.0 Å². The smallest absolute Gasteiger partial charge is 0.418 e. The Hall–Kier alpha value is -3.10. The van der Waals surface area contributed by atoms with Crippen LogP contribution in [0.25, 0.3) is 22.0 Å². The lowest BCUT2D eigenvalue weighted by Crippen LogP contribution is -2.11. The molecule has 3 nitrogen and oxygen atoms in total. The lowest BCUT2D eigenvalue weighted by Gasteiger charge is -2.15. The zero-order valence-corrected chi connectivity index (χ0v) is 13.5. The van der Waals surface area contributed by atoms with E-state index in [1.54, 1.807) is 0 Å². The summed E-state index contributed by atoms with van der Waals surface area (Å²) in [6.07, 6.45) is -3.96. The van der Waals surface area contributed by atoms with Crippen LogP contribution in [0, 0.1) is 17.5 Å². The number of ether oxygens (including phenoxy) is 1. The summed E-state index contributed by atoms with van der Waals surface area (Å²) in [6.45, 7) is 0. The molecule has 3 aromatic rings. The minimum atomic E-state index is -4.90. The maximum absolute atomic E-state index is 14.2. The Bertz CT molecular complexity index is 1040. The molecule has 1 aromatic heterocycles. The molecular weight excluding hydrogens is 376 g/mol. The third kappa shape index (κ3) is 3.32. The number of rotatable bonds is 2. The first kappa shape index (κ1) is 18.7. The average Bonchev–Trinajstić information content (AvgIpc) is 2.58. The van der Waals surface area contributed by atoms with Gasteiger partial charge in [0, 0.05) is 23.7 Å². The molecule has 27 heavy (non-hydrogen) atoms. The second-order valence-electron chi connectivity index (χ2n) is 5.51. The highest BCUT2D eigenvalue weighted by molar-refractivity contribution is 6.02. The molecule has 9 heteroatoms. The van der Waals surface area contributed by atoms with E-state index in [0.717, 1.165) is 25.4 Å². The number of carbonyl (C=O) groups excluding carboxylic acids is 1. The van der Waals surface area contributed by atoms with Gasteiger partial charge in [-0.15, -0.1) is 0 Å². The molecule has 0 spiro atoms. The Morgan fingerprint density at radius 1 is 1.04 bits per heavy atom. The molecule has 1 heterocycles. The summed E-state index contributed by atoms with van der Waals surface area (Å²) in [7, 11) is 0.975. The third-order valence-electron chi connectivity index (χ3n) is 3.85. The number of hydrogen-bond acceptors (Lipinski definition) is 3. The molecule has 2 aromatic carbocycles. The van der Waals surface area contributed by atoms with E-state index in [-0.39, 0.29) is 10.9 Å². The normalized spacial score (nSPS) is 11.7. The van der Waals surface area contributed by atoms with Crippen LogP contribution in [0.15, 0.2) is 36.5 Å². The van der Waals surface area contributed by atoms with Gasteiger partial charge in [0.15, 0.2) is 0 Å². The molecule has 0 atom stereocenters. The van der Waals surface area contributed by atoms with Gasteiger partial charge in [-0.3, -0.25) is 4.98 Å². The van der Waals surface area contributed by atoms with Crippen LogP contribution in [0.1, 0.15) is 15.9 Å². The van der Waals surface area contributed by atoms with Crippen LogP contribution >= 0.6 is 0 Å². The number of alkyl halides is 3. The van der Waals surface area contributed by atoms with E-state index in [1.807, 2.05) is 0 Å². The highest BCUT2D eigenvalue weighted by Gasteiger charge is 2.35. The SMILES string of the molecule is COC(=O)c1cc(C(F)(F)F)c2nccc(-c3c(F)cc(F)cc3F)c2c1. The summed E-state index contributed by atoms with van der Waals surface area (Å²) in [4.78, 5) is 15.4. The van der Waals surface area contributed by atoms with Gasteiger partial charge in [0.25, 0.3) is 0 Å². The summed E-state index contributed by atoms with van der Waals surface area (Å²) in [5, 5.41) is -0.336. The fourth-order valence-electron chi connectivity index (χ4n) is 2.72. The first-order valence-corrected chi connectivity index (χ1v) is 7.36. The Balaban J connectivity index is 2.45. The highest BCUT2D eigenvalue weighted by Crippen LogP contribution is 2.39. The van der Waals surface area contributed by atoms with Crippen LogP contribution in [-0.2, 0) is 10.9 Å². The van der Waals surface area contributed by atoms with Gasteiger partial charge in [-0.1, -0.05) is 0 Å². The lowest BCUT2D eigenvalue weighted by molar-refractivity contribution is -0.136. The van der Waals surface area contributed by atoms with Crippen LogP contribution in [-0.4, -0.2) is 18.1 Å². The molecule has 0 bridgehead atoms. The highest BCUT2D eigenvalue weighted by atomic mass is 19.4. The molecule has 0 aliphatic rings. The molecule has 0 fully saturated rings. The van der Waals surface area contributed by atoms with Gasteiger partial charge in [-0.05, 0) is 23.8 Å². The van der Waals surface area contributed by atoms with Gasteiger partial charge in [-0.2, -0.15) is 13.2 Å². The van der Waals surface area contributed by atoms with Crippen molar-refractivity contribution in [3.05, 3.63) is 65.1 Å². The average molecular weight is 385 g/mol. The standard InChI is InChI=1S/C18H9F6NO2/c1-27-17(26)8-4-11-10(15-13(20)6-9(19)7-14(15)21)2-3-25-16(11)12(5-8)18(22,23)24/h2-7H,1H3. The second kappa shape index (κ2) is 6.57. The van der Waals surface area contributed by atoms with Crippen molar-refractivity contribution >= 4 is 16.9 Å². The van der Waals surface area contributed by atoms with E-state index in [9.17, 15) is 31.1 Å². The van der Waals surface area contributed by atoms with Crippen molar-refractivity contribution in [1.82, 2.24) is 4.98 Å². The molecule has 0 aliphatic heterocycles. The number of hydrogen-bond donors (Lipinski definition) is 0. The molecular formula is C18H9F6NO2. The summed E-state index contributed by atoms with van der Waals surface area (Å²) in [5.74, 6) is -4.87. The monoisotopic (exact) mass is 385 g/mol. The number of fused-ring (bicyclic) bond motifs is 1. The van der Waals surface area contributed by atoms with Crippen molar-refractivity contribution in [2.24, 2.45) is 0 Å². The minimum absolute atomic E-state index is 0.314. The lowest BCUT2D eigenvalue weighted by atomic mass is 9.96. The van der Waals surface area contributed by atoms with Crippen molar-refractivity contribution in [2.45, 2.75) is 6.18 Å². The zero-order chi connectivity index (χ0) is 19.9. The number of pyridine rings is 1. The van der Waals surface area contributed by atoms with Gasteiger partial charge < -0.3 is 4.74 Å². The third-order valence-corrected chi connectivity index (χ3v) is 3.85. The van der Waals surface area contributed by atoms with Crippen LogP contribution in [0.5, 0.6) is 0 Å². The number of esters is 1. The fourth-order valence-corrected chi connectivity index (χ4v) is 2.72. The van der Waals surface area contributed by atoms with Crippen molar-refractivity contribution < 1.29 is 35.9 Å². The predicted molar refractivity (Wildman–Crippen MR) is 83.4 cm³/mol. The van der Waals surface area contributed by atoms with Crippen LogP contribution in [0.2, 0.25) is 0 Å². The summed E-state index contributed by atoms with van der Waals surface area (Å²) >= 11 is 0. The van der Waals surface area contributed by atoms with E-state index in [1.165, 1.54) is 0 Å². The van der Waals surface area contributed by atoms with E-state index in [2.05, 4.69) is 9.72 Å². The second-order valence-corrected chi connectivity index (χ2v) is 5.51. The number of carbonyl (C=O) groups is 1. The van der Waals surface area contributed by atoms with E-state index in [4.69, 9.17) is 0 Å². The van der Waals surface area contributed by atoms with Gasteiger partial charge in [0.1, 0.15) is 17.5 Å². The molecule has 0 aliphatic carbocycles. The molecule has 140 valence electrons. The summed E-state index contributed by atoms with van der Waals surface area (Å²) in [6, 6.07) is 3.41. The van der Waals surface area contributed by atoms with E-state index in [0.29, 0.717) is 18.2 Å². The van der Waals surface area contributed by atoms with Crippen LogP contribution in [0.3, 0.4) is 0 Å². The van der Waals surface area contributed by atoms with Crippen molar-refractivity contribution in [1.29, 1.82) is 0 Å². The number of nitrogens with zero attached hydrogens (tertiary/aromatic N) is 1. The van der Waals surface area contributed by atoms with Crippen molar-refractivity contribution in [2.75, 3.05) is 7.11 Å². The molecule has 0 radical (unpaired) electrons. The maximum atomic E-state index is 14.2. The minimum Gasteiger partial charge on any atom is -0.465 e. The first-order valence-electron chi connectivity index (χ1n) is 7.36. The number of methoxy groups -OCH3 is 1. The van der Waals surface area contributed by atoms with Gasteiger partial charge >= 0.3 is 12.1 Å². The molecule has 0 unspecified atom stereocenters. The Labute approximate surface area is 148 Å². The largest absolute Gasteiger partial charge is 0.465 e. The summed E-state index contributed by atoms with van der Waals surface area (Å²) in [5.41, 5.74) is -3.42. The fraction of sp³-hybridized carbons (Fsp3) is 0.111. The molecule has 0 saturated heterocycles. The van der Waals surface area contributed by atoms with E-state index >= 15 is 0 Å². The number of halogens is 6. The van der Waals surface area contributed by atoms with Gasteiger partial charge in [0.2, 0.25) is 0 Å². The van der Waals surface area contributed by atoms with Crippen molar-refractivity contribution in [3.63, 3.8) is 0 Å². The summed E-state index contributed by atoms with van der Waals surface area (Å²) < 4.78 is 86.2. The predicted octanol–water partition coefficient (Wildman–Crippen LogP) is 5.12. The van der Waals surface area contributed by atoms with Crippen molar-refractivity contribution in [3.8, 4) is 11.1 Å². The molecule has 3 rings (SSSR count). The Morgan fingerprint density at radius 2 is 1.67 bits per heavy atom. The van der Waals surface area contributed by atoms with Crippen LogP contribution < -0.4 is 0 Å². The topological polar surface area (TPSA) is 39.2 Å².